The Morgan fingerprint density at radius 3 is 2.47 bits per heavy atom. The van der Waals surface area contributed by atoms with Gasteiger partial charge in [0, 0.05) is 19.3 Å². The van der Waals surface area contributed by atoms with Gasteiger partial charge in [0.05, 0.1) is 12.3 Å². The van der Waals surface area contributed by atoms with E-state index in [1.165, 1.54) is 6.26 Å². The molecule has 0 saturated heterocycles. The van der Waals surface area contributed by atoms with Gasteiger partial charge in [0.2, 0.25) is 0 Å². The second-order valence-electron chi connectivity index (χ2n) is 4.24. The number of rotatable bonds is 6. The van der Waals surface area contributed by atoms with Crippen LogP contribution in [0.3, 0.4) is 0 Å². The summed E-state index contributed by atoms with van der Waals surface area (Å²) in [5.74, 6) is 0.734. The fourth-order valence-electron chi connectivity index (χ4n) is 1.45. The number of nitrogens with one attached hydrogen (secondary N) is 2. The van der Waals surface area contributed by atoms with E-state index in [0.717, 1.165) is 12.1 Å². The van der Waals surface area contributed by atoms with Crippen LogP contribution in [0.2, 0.25) is 0 Å². The van der Waals surface area contributed by atoms with Crippen LogP contribution in [-0.2, 0) is 16.4 Å². The van der Waals surface area contributed by atoms with E-state index in [1.807, 2.05) is 37.3 Å². The number of hydrogen-bond donors (Lipinski definition) is 2. The van der Waals surface area contributed by atoms with E-state index < -0.39 is 9.84 Å². The van der Waals surface area contributed by atoms with Crippen molar-refractivity contribution in [3.63, 3.8) is 0 Å². The maximum absolute atomic E-state index is 11.0. The molecule has 0 aromatic heterocycles. The summed E-state index contributed by atoms with van der Waals surface area (Å²) in [6, 6.07) is 9.90. The first-order valence-corrected chi connectivity index (χ1v) is 8.31. The summed E-state index contributed by atoms with van der Waals surface area (Å²) in [4.78, 5) is 4.40. The molecule has 0 bridgehead atoms. The Hall–Kier alpha value is -1.56. The molecule has 2 N–H and O–H groups in total. The Bertz CT molecular complexity index is 498. The molecule has 0 aliphatic rings. The van der Waals surface area contributed by atoms with Gasteiger partial charge in [0.15, 0.2) is 5.96 Å². The Morgan fingerprint density at radius 1 is 1.21 bits per heavy atom. The van der Waals surface area contributed by atoms with Crippen LogP contribution in [0, 0.1) is 0 Å². The van der Waals surface area contributed by atoms with Crippen LogP contribution in [0.5, 0.6) is 0 Å². The highest BCUT2D eigenvalue weighted by atomic mass is 32.2. The van der Waals surface area contributed by atoms with Crippen molar-refractivity contribution < 1.29 is 8.42 Å². The molecule has 0 radical (unpaired) electrons. The highest BCUT2D eigenvalue weighted by Gasteiger charge is 2.02. The lowest BCUT2D eigenvalue weighted by Gasteiger charge is -2.10. The van der Waals surface area contributed by atoms with Crippen LogP contribution < -0.4 is 10.6 Å². The number of benzene rings is 1. The minimum absolute atomic E-state index is 0.1000. The lowest BCUT2D eigenvalue weighted by molar-refractivity contribution is 0.600. The van der Waals surface area contributed by atoms with Gasteiger partial charge >= 0.3 is 0 Å². The third-order valence-electron chi connectivity index (χ3n) is 2.37. The van der Waals surface area contributed by atoms with Crippen molar-refractivity contribution in [3.8, 4) is 0 Å². The van der Waals surface area contributed by atoms with Crippen LogP contribution in [0.25, 0.3) is 0 Å². The minimum atomic E-state index is -2.95. The topological polar surface area (TPSA) is 70.6 Å². The molecule has 1 rings (SSSR count). The van der Waals surface area contributed by atoms with E-state index in [1.54, 1.807) is 0 Å². The quantitative estimate of drug-likeness (QED) is 0.598. The molecule has 0 aliphatic carbocycles. The largest absolute Gasteiger partial charge is 0.357 e. The summed E-state index contributed by atoms with van der Waals surface area (Å²) in [6.07, 6.45) is 1.22. The molecule has 0 aliphatic heterocycles. The molecule has 0 spiro atoms. The molecule has 1 aromatic carbocycles. The SMILES string of the molecule is CCNC(=NCc1ccccc1)NCCS(C)(=O)=O. The molecule has 0 saturated carbocycles. The molecule has 0 atom stereocenters. The van der Waals surface area contributed by atoms with Crippen LogP contribution >= 0.6 is 0 Å². The average Bonchev–Trinajstić information content (AvgIpc) is 2.36. The molecular weight excluding hydrogens is 262 g/mol. The zero-order valence-electron chi connectivity index (χ0n) is 11.4. The number of hydrogen-bond acceptors (Lipinski definition) is 3. The van der Waals surface area contributed by atoms with E-state index >= 15 is 0 Å². The molecule has 19 heavy (non-hydrogen) atoms. The number of nitrogens with zero attached hydrogens (tertiary/aromatic N) is 1. The highest BCUT2D eigenvalue weighted by Crippen LogP contribution is 1.99. The number of aliphatic imine (C=N–C) groups is 1. The summed E-state index contributed by atoms with van der Waals surface area (Å²) in [7, 11) is -2.95. The first-order chi connectivity index (χ1) is 9.01. The lowest BCUT2D eigenvalue weighted by Crippen LogP contribution is -2.39. The average molecular weight is 283 g/mol. The molecule has 0 amide bonds. The number of guanidine groups is 1. The summed E-state index contributed by atoms with van der Waals surface area (Å²) in [5, 5.41) is 6.09. The van der Waals surface area contributed by atoms with Crippen molar-refractivity contribution >= 4 is 15.8 Å². The zero-order chi connectivity index (χ0) is 14.1. The molecule has 0 unspecified atom stereocenters. The third kappa shape index (κ3) is 7.46. The maximum Gasteiger partial charge on any atom is 0.191 e. The highest BCUT2D eigenvalue weighted by molar-refractivity contribution is 7.90. The summed E-state index contributed by atoms with van der Waals surface area (Å²) in [6.45, 7) is 3.63. The molecule has 6 heteroatoms. The van der Waals surface area contributed by atoms with E-state index in [-0.39, 0.29) is 5.75 Å². The van der Waals surface area contributed by atoms with Crippen molar-refractivity contribution in [2.24, 2.45) is 4.99 Å². The van der Waals surface area contributed by atoms with Gasteiger partial charge < -0.3 is 10.6 Å². The van der Waals surface area contributed by atoms with Gasteiger partial charge in [-0.2, -0.15) is 0 Å². The van der Waals surface area contributed by atoms with Crippen LogP contribution in [0.4, 0.5) is 0 Å². The summed E-state index contributed by atoms with van der Waals surface area (Å²) >= 11 is 0. The van der Waals surface area contributed by atoms with E-state index in [2.05, 4.69) is 15.6 Å². The van der Waals surface area contributed by atoms with Crippen LogP contribution in [-0.4, -0.2) is 39.5 Å². The van der Waals surface area contributed by atoms with Gasteiger partial charge in [-0.3, -0.25) is 0 Å². The molecular formula is C13H21N3O2S. The van der Waals surface area contributed by atoms with Gasteiger partial charge in [0.1, 0.15) is 9.84 Å². The zero-order valence-corrected chi connectivity index (χ0v) is 12.2. The Balaban J connectivity index is 2.51. The monoisotopic (exact) mass is 283 g/mol. The fraction of sp³-hybridized carbons (Fsp3) is 0.462. The predicted octanol–water partition coefficient (Wildman–Crippen LogP) is 0.786. The smallest absolute Gasteiger partial charge is 0.191 e. The van der Waals surface area contributed by atoms with Crippen molar-refractivity contribution in [1.82, 2.24) is 10.6 Å². The first-order valence-electron chi connectivity index (χ1n) is 6.25. The van der Waals surface area contributed by atoms with Crippen molar-refractivity contribution in [2.75, 3.05) is 25.1 Å². The summed E-state index contributed by atoms with van der Waals surface area (Å²) in [5.41, 5.74) is 1.11. The first kappa shape index (κ1) is 15.5. The molecule has 0 heterocycles. The Morgan fingerprint density at radius 2 is 1.89 bits per heavy atom. The standard InChI is InChI=1S/C13H21N3O2S/c1-3-14-13(15-9-10-19(2,17)18)16-11-12-7-5-4-6-8-12/h4-8H,3,9-11H2,1-2H3,(H2,14,15,16). The van der Waals surface area contributed by atoms with Gasteiger partial charge in [-0.15, -0.1) is 0 Å². The lowest BCUT2D eigenvalue weighted by atomic mass is 10.2. The van der Waals surface area contributed by atoms with Crippen molar-refractivity contribution in [2.45, 2.75) is 13.5 Å². The Kier molecular flexibility index (Phi) is 6.35. The number of sulfone groups is 1. The Labute approximate surface area is 115 Å². The van der Waals surface area contributed by atoms with Crippen LogP contribution in [0.1, 0.15) is 12.5 Å². The molecule has 5 nitrogen and oxygen atoms in total. The van der Waals surface area contributed by atoms with Crippen molar-refractivity contribution in [1.29, 1.82) is 0 Å². The van der Waals surface area contributed by atoms with Gasteiger partial charge in [-0.25, -0.2) is 13.4 Å². The van der Waals surface area contributed by atoms with Gasteiger partial charge in [-0.05, 0) is 12.5 Å². The fourth-order valence-corrected chi connectivity index (χ4v) is 1.92. The summed E-state index contributed by atoms with van der Waals surface area (Å²) < 4.78 is 22.1. The van der Waals surface area contributed by atoms with Crippen LogP contribution in [0.15, 0.2) is 35.3 Å². The second-order valence-corrected chi connectivity index (χ2v) is 6.50. The van der Waals surface area contributed by atoms with Gasteiger partial charge in [0.25, 0.3) is 0 Å². The van der Waals surface area contributed by atoms with E-state index in [0.29, 0.717) is 19.0 Å². The van der Waals surface area contributed by atoms with Gasteiger partial charge in [-0.1, -0.05) is 30.3 Å². The van der Waals surface area contributed by atoms with Crippen molar-refractivity contribution in [3.05, 3.63) is 35.9 Å². The second kappa shape index (κ2) is 7.78. The maximum atomic E-state index is 11.0. The third-order valence-corrected chi connectivity index (χ3v) is 3.32. The van der Waals surface area contributed by atoms with E-state index in [4.69, 9.17) is 0 Å². The molecule has 0 fully saturated rings. The van der Waals surface area contributed by atoms with E-state index in [9.17, 15) is 8.42 Å². The molecule has 106 valence electrons. The predicted molar refractivity (Wildman–Crippen MR) is 79.0 cm³/mol. The molecule has 1 aromatic rings. The normalized spacial score (nSPS) is 12.2. The minimum Gasteiger partial charge on any atom is -0.357 e.